The molecule has 1 aliphatic carbocycles. The van der Waals surface area contributed by atoms with Gasteiger partial charge in [0.15, 0.2) is 5.16 Å². The summed E-state index contributed by atoms with van der Waals surface area (Å²) >= 11 is 7.36. The molecule has 2 N–H and O–H groups in total. The van der Waals surface area contributed by atoms with Crippen molar-refractivity contribution in [2.45, 2.75) is 36.2 Å². The smallest absolute Gasteiger partial charge is 0.233 e. The van der Waals surface area contributed by atoms with Crippen LogP contribution in [0.1, 0.15) is 19.8 Å². The highest BCUT2D eigenvalue weighted by Gasteiger charge is 2.26. The number of imidazole rings is 1. The molecule has 0 radical (unpaired) electrons. The van der Waals surface area contributed by atoms with Gasteiger partial charge in [-0.15, -0.1) is 0 Å². The zero-order valence-electron chi connectivity index (χ0n) is 10.4. The summed E-state index contributed by atoms with van der Waals surface area (Å²) in [7, 11) is 0. The molecular weight excluding hydrogens is 282 g/mol. The summed E-state index contributed by atoms with van der Waals surface area (Å²) in [4.78, 5) is 19.5. The van der Waals surface area contributed by atoms with Gasteiger partial charge in [-0.2, -0.15) is 0 Å². The van der Waals surface area contributed by atoms with Crippen molar-refractivity contribution < 1.29 is 4.79 Å². The monoisotopic (exact) mass is 295 g/mol. The van der Waals surface area contributed by atoms with Gasteiger partial charge in [0.2, 0.25) is 5.91 Å². The summed E-state index contributed by atoms with van der Waals surface area (Å²) in [6, 6.07) is 5.91. The molecule has 1 aromatic heterocycles. The predicted octanol–water partition coefficient (Wildman–Crippen LogP) is 2.98. The summed E-state index contributed by atoms with van der Waals surface area (Å²) in [5.41, 5.74) is 1.76. The van der Waals surface area contributed by atoms with Crippen LogP contribution in [0.15, 0.2) is 23.4 Å². The fourth-order valence-corrected chi connectivity index (χ4v) is 2.78. The van der Waals surface area contributed by atoms with Crippen molar-refractivity contribution in [2.75, 3.05) is 0 Å². The first-order valence-corrected chi connectivity index (χ1v) is 7.50. The van der Waals surface area contributed by atoms with Crippen molar-refractivity contribution in [3.63, 3.8) is 0 Å². The van der Waals surface area contributed by atoms with E-state index in [0.717, 1.165) is 29.0 Å². The highest BCUT2D eigenvalue weighted by Crippen LogP contribution is 2.26. The maximum atomic E-state index is 11.9. The second-order valence-corrected chi connectivity index (χ2v) is 6.51. The lowest BCUT2D eigenvalue weighted by Crippen LogP contribution is -2.32. The van der Waals surface area contributed by atoms with Crippen molar-refractivity contribution >= 4 is 40.3 Å². The molecule has 1 amide bonds. The standard InChI is InChI=1S/C13H14ClN3OS/c1-7(12(18)15-9-3-4-9)19-13-16-10-5-2-8(14)6-11(10)17-13/h2,5-7,9H,3-4H2,1H3,(H,15,18)(H,16,17)/t7-/m1/s1. The minimum absolute atomic E-state index is 0.0750. The molecule has 6 heteroatoms. The van der Waals surface area contributed by atoms with Gasteiger partial charge in [-0.05, 0) is 38.0 Å². The Kier molecular flexibility index (Phi) is 3.41. The zero-order valence-corrected chi connectivity index (χ0v) is 12.0. The van der Waals surface area contributed by atoms with Crippen molar-refractivity contribution in [3.05, 3.63) is 23.2 Å². The largest absolute Gasteiger partial charge is 0.352 e. The molecule has 0 unspecified atom stereocenters. The molecule has 0 bridgehead atoms. The Bertz CT molecular complexity index is 623. The van der Waals surface area contributed by atoms with Gasteiger partial charge in [0.25, 0.3) is 0 Å². The zero-order chi connectivity index (χ0) is 13.4. The van der Waals surface area contributed by atoms with E-state index in [1.165, 1.54) is 11.8 Å². The van der Waals surface area contributed by atoms with E-state index in [4.69, 9.17) is 11.6 Å². The average molecular weight is 296 g/mol. The van der Waals surface area contributed by atoms with Crippen LogP contribution in [-0.2, 0) is 4.79 Å². The summed E-state index contributed by atoms with van der Waals surface area (Å²) in [5, 5.41) is 4.26. The van der Waals surface area contributed by atoms with Gasteiger partial charge in [-0.3, -0.25) is 4.79 Å². The molecule has 1 fully saturated rings. The van der Waals surface area contributed by atoms with Crippen molar-refractivity contribution in [1.82, 2.24) is 15.3 Å². The van der Waals surface area contributed by atoms with Crippen LogP contribution < -0.4 is 5.32 Å². The Balaban J connectivity index is 1.71. The Morgan fingerprint density at radius 1 is 1.58 bits per heavy atom. The Hall–Kier alpha value is -1.20. The molecule has 1 saturated carbocycles. The lowest BCUT2D eigenvalue weighted by molar-refractivity contribution is -0.120. The van der Waals surface area contributed by atoms with Gasteiger partial charge >= 0.3 is 0 Å². The fraction of sp³-hybridized carbons (Fsp3) is 0.385. The molecule has 1 aliphatic rings. The van der Waals surface area contributed by atoms with E-state index < -0.39 is 0 Å². The summed E-state index contributed by atoms with van der Waals surface area (Å²) in [6.07, 6.45) is 2.21. The lowest BCUT2D eigenvalue weighted by atomic mass is 10.3. The molecule has 0 saturated heterocycles. The van der Waals surface area contributed by atoms with Crippen LogP contribution in [-0.4, -0.2) is 27.2 Å². The number of fused-ring (bicyclic) bond motifs is 1. The third kappa shape index (κ3) is 3.04. The number of thioether (sulfide) groups is 1. The van der Waals surface area contributed by atoms with E-state index in [0.29, 0.717) is 11.1 Å². The number of H-pyrrole nitrogens is 1. The molecule has 2 aromatic rings. The number of nitrogens with one attached hydrogen (secondary N) is 2. The van der Waals surface area contributed by atoms with Gasteiger partial charge in [0, 0.05) is 11.1 Å². The molecule has 19 heavy (non-hydrogen) atoms. The number of amides is 1. The normalized spacial score (nSPS) is 16.5. The van der Waals surface area contributed by atoms with Gasteiger partial charge in [-0.25, -0.2) is 4.98 Å². The molecule has 1 atom stereocenters. The van der Waals surface area contributed by atoms with Gasteiger partial charge in [0.1, 0.15) is 0 Å². The number of carbonyl (C=O) groups is 1. The van der Waals surface area contributed by atoms with E-state index in [9.17, 15) is 4.79 Å². The Morgan fingerprint density at radius 2 is 2.37 bits per heavy atom. The van der Waals surface area contributed by atoms with E-state index >= 15 is 0 Å². The number of hydrogen-bond donors (Lipinski definition) is 2. The third-order valence-electron chi connectivity index (χ3n) is 3.00. The second kappa shape index (κ2) is 5.06. The highest BCUT2D eigenvalue weighted by molar-refractivity contribution is 8.00. The maximum absolute atomic E-state index is 11.9. The number of rotatable bonds is 4. The van der Waals surface area contributed by atoms with Crippen LogP contribution in [0, 0.1) is 0 Å². The number of aromatic nitrogens is 2. The number of halogens is 1. The van der Waals surface area contributed by atoms with E-state index in [2.05, 4.69) is 15.3 Å². The minimum atomic E-state index is -0.156. The van der Waals surface area contributed by atoms with Crippen LogP contribution in [0.4, 0.5) is 0 Å². The first-order chi connectivity index (χ1) is 9.11. The third-order valence-corrected chi connectivity index (χ3v) is 4.22. The molecule has 100 valence electrons. The van der Waals surface area contributed by atoms with Crippen molar-refractivity contribution in [2.24, 2.45) is 0 Å². The van der Waals surface area contributed by atoms with E-state index in [-0.39, 0.29) is 11.2 Å². The fourth-order valence-electron chi connectivity index (χ4n) is 1.78. The number of hydrogen-bond acceptors (Lipinski definition) is 3. The first kappa shape index (κ1) is 12.8. The second-order valence-electron chi connectivity index (χ2n) is 4.75. The molecule has 1 aromatic carbocycles. The first-order valence-electron chi connectivity index (χ1n) is 6.24. The summed E-state index contributed by atoms with van der Waals surface area (Å²) in [5.74, 6) is 0.0750. The van der Waals surface area contributed by atoms with Crippen LogP contribution in [0.2, 0.25) is 5.02 Å². The minimum Gasteiger partial charge on any atom is -0.352 e. The predicted molar refractivity (Wildman–Crippen MR) is 77.6 cm³/mol. The number of carbonyl (C=O) groups excluding carboxylic acids is 1. The molecule has 1 heterocycles. The van der Waals surface area contributed by atoms with E-state index in [1.54, 1.807) is 0 Å². The Labute approximate surface area is 120 Å². The van der Waals surface area contributed by atoms with Gasteiger partial charge in [0.05, 0.1) is 16.3 Å². The van der Waals surface area contributed by atoms with Gasteiger partial charge in [-0.1, -0.05) is 23.4 Å². The van der Waals surface area contributed by atoms with Crippen molar-refractivity contribution in [1.29, 1.82) is 0 Å². The SMILES string of the molecule is C[C@@H](Sc1nc2ccc(Cl)cc2[nH]1)C(=O)NC1CC1. The molecule has 0 aliphatic heterocycles. The highest BCUT2D eigenvalue weighted by atomic mass is 35.5. The molecule has 4 nitrogen and oxygen atoms in total. The van der Waals surface area contributed by atoms with E-state index in [1.807, 2.05) is 25.1 Å². The molecule has 3 rings (SSSR count). The van der Waals surface area contributed by atoms with Crippen LogP contribution in [0.3, 0.4) is 0 Å². The average Bonchev–Trinajstić information content (AvgIpc) is 3.08. The quantitative estimate of drug-likeness (QED) is 0.853. The Morgan fingerprint density at radius 3 is 3.11 bits per heavy atom. The van der Waals surface area contributed by atoms with Crippen molar-refractivity contribution in [3.8, 4) is 0 Å². The summed E-state index contributed by atoms with van der Waals surface area (Å²) in [6.45, 7) is 1.89. The molecular formula is C13H14ClN3OS. The number of nitrogens with zero attached hydrogens (tertiary/aromatic N) is 1. The van der Waals surface area contributed by atoms with Crippen LogP contribution in [0.5, 0.6) is 0 Å². The topological polar surface area (TPSA) is 57.8 Å². The van der Waals surface area contributed by atoms with Crippen LogP contribution >= 0.6 is 23.4 Å². The number of benzene rings is 1. The van der Waals surface area contributed by atoms with Crippen LogP contribution in [0.25, 0.3) is 11.0 Å². The molecule has 0 spiro atoms. The summed E-state index contributed by atoms with van der Waals surface area (Å²) < 4.78 is 0. The number of aromatic amines is 1. The van der Waals surface area contributed by atoms with Gasteiger partial charge < -0.3 is 10.3 Å². The lowest BCUT2D eigenvalue weighted by Gasteiger charge is -2.09. The maximum Gasteiger partial charge on any atom is 0.233 e.